The molecule has 0 aromatic heterocycles. The fourth-order valence-electron chi connectivity index (χ4n) is 0. The van der Waals surface area contributed by atoms with Crippen molar-refractivity contribution in [3.63, 3.8) is 0 Å². The Bertz CT molecular complexity index is 8.00. The summed E-state index contributed by atoms with van der Waals surface area (Å²) >= 11 is 0. The summed E-state index contributed by atoms with van der Waals surface area (Å²) in [7, 11) is 0. The van der Waals surface area contributed by atoms with Gasteiger partial charge in [0.25, 0.3) is 0 Å². The fourth-order valence-corrected chi connectivity index (χ4v) is 0. The van der Waals surface area contributed by atoms with E-state index in [2.05, 4.69) is 0 Å². The van der Waals surface area contributed by atoms with E-state index in [0.717, 1.165) is 0 Å². The van der Waals surface area contributed by atoms with Gasteiger partial charge in [-0.15, -0.1) is 0 Å². The minimum absolute atomic E-state index is 0. The molecule has 0 amide bonds. The molecule has 0 aromatic rings. The predicted molar refractivity (Wildman–Crippen MR) is 19.9 cm³/mol. The third-order valence-corrected chi connectivity index (χ3v) is 0. The van der Waals surface area contributed by atoms with Crippen LogP contribution in [0.2, 0.25) is 0 Å². The first-order valence-electron chi connectivity index (χ1n) is 0. The van der Waals surface area contributed by atoms with Crippen LogP contribution in [0.5, 0.6) is 0 Å². The molecule has 0 atom stereocenters. The van der Waals surface area contributed by atoms with Crippen LogP contribution < -0.4 is 0 Å². The van der Waals surface area contributed by atoms with Crippen molar-refractivity contribution in [2.45, 2.75) is 0 Å². The van der Waals surface area contributed by atoms with Gasteiger partial charge in [0.1, 0.15) is 0 Å². The molecule has 0 aliphatic rings. The van der Waals surface area contributed by atoms with Crippen molar-refractivity contribution in [2.24, 2.45) is 0 Å². The van der Waals surface area contributed by atoms with Crippen LogP contribution in [0.4, 0.5) is 0 Å². The molecule has 0 aromatic carbocycles. The van der Waals surface area contributed by atoms with Crippen molar-refractivity contribution in [3.8, 4) is 0 Å². The Morgan fingerprint density at radius 2 is 1.00 bits per heavy atom. The van der Waals surface area contributed by atoms with E-state index in [0.29, 0.717) is 0 Å². The summed E-state index contributed by atoms with van der Waals surface area (Å²) in [6, 6.07) is 0. The van der Waals surface area contributed by atoms with Gasteiger partial charge in [-0.25, -0.2) is 0 Å². The molecular weight excluding hydrogens is 360 g/mol. The quantitative estimate of drug-likeness (QED) is 0.421. The first-order valence-corrected chi connectivity index (χ1v) is 0. The van der Waals surface area contributed by atoms with Crippen molar-refractivity contribution in [3.05, 3.63) is 0 Å². The van der Waals surface area contributed by atoms with Crippen LogP contribution in [0.1, 0.15) is 0 Å². The molecule has 0 spiro atoms. The fraction of sp³-hybridized carbons (Fsp3) is 0. The third-order valence-electron chi connectivity index (χ3n) is 0. The molecule has 0 heterocycles. The normalized spacial score (nSPS) is 0. The van der Waals surface area contributed by atoms with E-state index in [1.807, 2.05) is 0 Å². The van der Waals surface area contributed by atoms with Crippen LogP contribution in [0.3, 0.4) is 0 Å². The Morgan fingerprint density at radius 1 is 1.00 bits per heavy atom. The Morgan fingerprint density at radius 3 is 1.00 bits per heavy atom. The van der Waals surface area contributed by atoms with Crippen molar-refractivity contribution >= 4 is 45.6 Å². The van der Waals surface area contributed by atoms with Crippen LogP contribution in [0.15, 0.2) is 0 Å². The van der Waals surface area contributed by atoms with Crippen LogP contribution in [0.25, 0.3) is 0 Å². The molecule has 1 radical (unpaired) electrons. The number of hydrogen-bond donors (Lipinski definition) is 0. The first kappa shape index (κ1) is 28.3. The van der Waals surface area contributed by atoms with Crippen molar-refractivity contribution in [1.29, 1.82) is 0 Å². The molecule has 0 N–H and O–H groups in total. The van der Waals surface area contributed by atoms with Crippen LogP contribution in [-0.4, -0.2) is 45.6 Å². The zero-order valence-electron chi connectivity index (χ0n) is 1.01. The maximum absolute atomic E-state index is 0. The summed E-state index contributed by atoms with van der Waals surface area (Å²) in [4.78, 5) is 0. The van der Waals surface area contributed by atoms with Crippen LogP contribution in [0, 0.1) is 0 Å². The molecule has 0 nitrogen and oxygen atoms in total. The Hall–Kier alpha value is 2.95. The maximum atomic E-state index is 0. The van der Waals surface area contributed by atoms with E-state index in [9.17, 15) is 0 Å². The van der Waals surface area contributed by atoms with Gasteiger partial charge in [-0.2, -0.15) is 0 Å². The van der Waals surface area contributed by atoms with Gasteiger partial charge < -0.3 is 0 Å². The van der Waals surface area contributed by atoms with Gasteiger partial charge in [-0.05, 0) is 0 Å². The minimum atomic E-state index is 0. The average molecular weight is 367 g/mol. The second kappa shape index (κ2) is 16.8. The van der Waals surface area contributed by atoms with E-state index in [1.54, 1.807) is 0 Å². The van der Waals surface area contributed by atoms with E-state index in [-0.39, 0.29) is 90.0 Å². The van der Waals surface area contributed by atoms with Gasteiger partial charge in [-0.1, -0.05) is 0 Å². The topological polar surface area (TPSA) is 0 Å². The van der Waals surface area contributed by atoms with Gasteiger partial charge in [0, 0.05) is 44.4 Å². The molecule has 25 valence electrons. The van der Waals surface area contributed by atoms with Crippen molar-refractivity contribution < 1.29 is 44.4 Å². The average Bonchev–Trinajstić information content (AvgIpc) is 0. The van der Waals surface area contributed by atoms with Crippen LogP contribution in [-0.2, 0) is 44.4 Å². The van der Waals surface area contributed by atoms with Crippen molar-refractivity contribution in [2.75, 3.05) is 0 Å². The summed E-state index contributed by atoms with van der Waals surface area (Å²) in [6.45, 7) is 0. The molecule has 0 unspecified atom stereocenters. The van der Waals surface area contributed by atoms with Gasteiger partial charge in [0.05, 0.1) is 0 Å². The third kappa shape index (κ3) is 8.87. The van der Waals surface area contributed by atoms with Gasteiger partial charge in [0.15, 0.2) is 0 Å². The monoisotopic (exact) mass is 367 g/mol. The predicted octanol–water partition coefficient (Wildman–Crippen LogP) is -2.37. The molecule has 0 saturated carbocycles. The summed E-state index contributed by atoms with van der Waals surface area (Å²) < 4.78 is 0. The molecule has 4 heteroatoms. The molecule has 0 fully saturated rings. The van der Waals surface area contributed by atoms with E-state index in [1.165, 1.54) is 0 Å². The van der Waals surface area contributed by atoms with Crippen LogP contribution >= 0.6 is 0 Å². The summed E-state index contributed by atoms with van der Waals surface area (Å²) in [5, 5.41) is 0. The van der Waals surface area contributed by atoms with Crippen molar-refractivity contribution in [1.82, 2.24) is 0 Å². The summed E-state index contributed by atoms with van der Waals surface area (Å²) in [6.07, 6.45) is 0. The summed E-state index contributed by atoms with van der Waals surface area (Å²) in [5.41, 5.74) is 0. The van der Waals surface area contributed by atoms with Gasteiger partial charge in [0.2, 0.25) is 0 Å². The first-order chi connectivity index (χ1) is 0. The molecule has 0 aliphatic carbocycles. The molecule has 4 heavy (non-hydrogen) atoms. The SMILES string of the molecule is [Cd].[Cu].[GaH3].[InH3]. The Balaban J connectivity index is 0. The van der Waals surface area contributed by atoms with Gasteiger partial charge >= 0.3 is 45.6 Å². The Labute approximate surface area is 88.3 Å². The molecular formula is H6CdCuGaIn. The molecule has 0 bridgehead atoms. The molecule has 0 aliphatic heterocycles. The van der Waals surface area contributed by atoms with Gasteiger partial charge in [-0.3, -0.25) is 0 Å². The zero-order valence-corrected chi connectivity index (χ0v) is 5.99. The van der Waals surface area contributed by atoms with E-state index >= 15 is 0 Å². The molecule has 0 rings (SSSR count). The number of rotatable bonds is 0. The Kier molecular flexibility index (Phi) is 118. The number of hydrogen-bond acceptors (Lipinski definition) is 0. The second-order valence-corrected chi connectivity index (χ2v) is 0. The zero-order chi connectivity index (χ0) is 0. The van der Waals surface area contributed by atoms with E-state index < -0.39 is 0 Å². The molecule has 0 saturated heterocycles. The second-order valence-electron chi connectivity index (χ2n) is 0. The van der Waals surface area contributed by atoms with E-state index in [4.69, 9.17) is 0 Å². The summed E-state index contributed by atoms with van der Waals surface area (Å²) in [5.74, 6) is 0. The standard InChI is InChI=1S/Cd.Cu.Ga.In.6H.